The standard InChI is InChI=1S/C23H15N3O.C22H14N4O.C20H13N5O.C15H9N9O3.C12H6N4O2.CH4/c27-23(17-13-24-18-10-4-2-7-14(17)18)16-9-3-1-8-15(16)21-22(23)26-20-12-6-5-11-19(20)25-21;27-22(14-8-2-1-3-9-14)26-25-20-16-11-5-4-10-15(16)19-21(20)24-18-13-7-6-12-17(18)23-19;26-20(14-9-21-15-8-4-2-5-11(14)15)13-7-3-1-6-12(13)16-17(20)25-19-18(24-16)22-10-23-19;16-12-11(17-4-18-12)15(26)22-21-9-7-5(2-1-3-6(7)25)8-10(9)20-14-13(19-8)23-27-24-14;17-6-3-1-2-5-7(6)10(18)9-8(5)15-11-12(16-9)14-4-13-11;/h1-13,24,27H;1-13,24H;1-9,21,26H,10H2;1-3,25H,4H2,(H2,16,18)(H,20,24);1-3,17H,4H2;1H4. The lowest BCUT2D eigenvalue weighted by Crippen LogP contribution is -2.35. The fraction of sp³-hybridized carbons (Fsp3) is 0.0645. The van der Waals surface area contributed by atoms with Crippen LogP contribution in [0.1, 0.15) is 67.5 Å². The average molecular weight is 1660 g/mol. The number of nitrogens with zero attached hydrogens (tertiary/aromatic N) is 20. The van der Waals surface area contributed by atoms with Gasteiger partial charge >= 0.3 is 5.91 Å². The van der Waals surface area contributed by atoms with E-state index in [1.807, 2.05) is 188 Å². The molecular weight excluding hydrogens is 1600 g/mol. The number of amidine groups is 1. The Hall–Kier alpha value is -17.6. The lowest BCUT2D eigenvalue weighted by Gasteiger charge is -2.24. The number of nitrogens with two attached hydrogens (primary N) is 1. The van der Waals surface area contributed by atoms with E-state index in [1.54, 1.807) is 48.5 Å². The van der Waals surface area contributed by atoms with Crippen LogP contribution in [0.25, 0.3) is 133 Å². The van der Waals surface area contributed by atoms with Crippen LogP contribution in [0.5, 0.6) is 11.5 Å². The van der Waals surface area contributed by atoms with Gasteiger partial charge in [-0.1, -0.05) is 183 Å². The molecule has 8 aliphatic rings. The summed E-state index contributed by atoms with van der Waals surface area (Å²) in [6, 6.07) is 73.8. The summed E-state index contributed by atoms with van der Waals surface area (Å²) < 4.78 is 4.76. The van der Waals surface area contributed by atoms with E-state index in [-0.39, 0.29) is 77.1 Å². The van der Waals surface area contributed by atoms with Crippen molar-refractivity contribution in [2.24, 2.45) is 56.1 Å². The summed E-state index contributed by atoms with van der Waals surface area (Å²) in [5, 5.41) is 71.1. The highest BCUT2D eigenvalue weighted by Crippen LogP contribution is 2.53. The molecule has 0 saturated heterocycles. The van der Waals surface area contributed by atoms with E-state index >= 15 is 0 Å². The number of hydrogen-bond donors (Lipinski definition) is 9. The fourth-order valence-corrected chi connectivity index (χ4v) is 16.6. The minimum absolute atomic E-state index is 0. The molecule has 0 radical (unpaired) electrons. The Morgan fingerprint density at radius 3 is 1.60 bits per heavy atom. The van der Waals surface area contributed by atoms with Crippen LogP contribution in [0, 0.1) is 0 Å². The monoisotopic (exact) mass is 1660 g/mol. The number of ketones is 1. The van der Waals surface area contributed by atoms with E-state index in [0.717, 1.165) is 105 Å². The number of nitrogens with one attached hydrogen (secondary N) is 4. The minimum atomic E-state index is -1.38. The number of aliphatic imine (C=N–C) groups is 2. The Morgan fingerprint density at radius 1 is 0.421 bits per heavy atom. The smallest absolute Gasteiger partial charge is 0.317 e. The van der Waals surface area contributed by atoms with Gasteiger partial charge in [0.1, 0.15) is 76.7 Å². The van der Waals surface area contributed by atoms with Crippen molar-refractivity contribution in [1.82, 2.24) is 70.1 Å². The number of azo groups is 2. The number of fused-ring (bicyclic) bond motifs is 22. The number of phenolic OH excluding ortho intramolecular Hbond substituents is 2. The predicted molar refractivity (Wildman–Crippen MR) is 466 cm³/mol. The molecule has 0 spiro atoms. The van der Waals surface area contributed by atoms with Gasteiger partial charge in [0.2, 0.25) is 17.1 Å². The Balaban J connectivity index is 0.0000000965. The summed E-state index contributed by atoms with van der Waals surface area (Å²) in [6.45, 7) is 0.725. The topological polar surface area (TPSA) is 487 Å². The molecule has 11 heterocycles. The number of H-pyrrole nitrogens is 4. The van der Waals surface area contributed by atoms with Crippen molar-refractivity contribution in [3.8, 4) is 56.7 Å². The Bertz CT molecular complexity index is 8430. The molecule has 26 rings (SSSR count). The number of aliphatic hydroxyl groups is 2. The highest BCUT2D eigenvalue weighted by molar-refractivity contribution is 6.67. The number of carbonyl (C=O) groups excluding carboxylic acids is 3. The van der Waals surface area contributed by atoms with Gasteiger partial charge in [0.05, 0.1) is 55.8 Å². The van der Waals surface area contributed by atoms with Crippen molar-refractivity contribution in [2.75, 3.05) is 20.0 Å². The van der Waals surface area contributed by atoms with E-state index in [1.165, 1.54) is 12.1 Å². The maximum absolute atomic E-state index is 12.3. The first-order valence-corrected chi connectivity index (χ1v) is 39.1. The quantitative estimate of drug-likeness (QED) is 0.0698. The third-order valence-electron chi connectivity index (χ3n) is 22.3. The molecule has 126 heavy (non-hydrogen) atoms. The third-order valence-corrected chi connectivity index (χ3v) is 22.3. The summed E-state index contributed by atoms with van der Waals surface area (Å²) in [5.74, 6) is -1.50. The second kappa shape index (κ2) is 30.0. The van der Waals surface area contributed by atoms with Gasteiger partial charge in [0.15, 0.2) is 44.7 Å². The summed E-state index contributed by atoms with van der Waals surface area (Å²) in [4.78, 5) is 112. The van der Waals surface area contributed by atoms with Gasteiger partial charge < -0.3 is 41.1 Å². The molecule has 33 nitrogen and oxygen atoms in total. The van der Waals surface area contributed by atoms with Crippen LogP contribution in [0.15, 0.2) is 304 Å². The van der Waals surface area contributed by atoms with Crippen LogP contribution in [-0.2, 0) is 16.0 Å². The largest absolute Gasteiger partial charge is 0.507 e. The lowest BCUT2D eigenvalue weighted by atomic mass is 9.86. The zero-order valence-corrected chi connectivity index (χ0v) is 64.7. The molecule has 11 aromatic carbocycles. The van der Waals surface area contributed by atoms with Crippen molar-refractivity contribution >= 4 is 128 Å². The molecule has 2 unspecified atom stereocenters. The van der Waals surface area contributed by atoms with Gasteiger partial charge in [-0.25, -0.2) is 69.8 Å². The maximum atomic E-state index is 12.3. The first-order valence-electron chi connectivity index (χ1n) is 39.1. The first-order chi connectivity index (χ1) is 61.2. The van der Waals surface area contributed by atoms with Gasteiger partial charge in [-0.2, -0.15) is 5.16 Å². The van der Waals surface area contributed by atoms with Crippen LogP contribution in [-0.4, -0.2) is 140 Å². The zero-order valence-electron chi connectivity index (χ0n) is 64.7. The van der Waals surface area contributed by atoms with Crippen LogP contribution in [0.2, 0.25) is 0 Å². The number of aromatic hydroxyl groups is 2. The van der Waals surface area contributed by atoms with Crippen molar-refractivity contribution in [3.63, 3.8) is 0 Å². The molecule has 0 saturated carbocycles. The molecule has 606 valence electrons. The molecule has 2 amide bonds. The number of aromatic nitrogens is 14. The molecule has 33 heteroatoms. The third kappa shape index (κ3) is 12.2. The van der Waals surface area contributed by atoms with Crippen molar-refractivity contribution in [1.29, 1.82) is 0 Å². The molecule has 2 atom stereocenters. The number of amides is 2. The number of hydrogen-bond acceptors (Lipinski definition) is 27. The van der Waals surface area contributed by atoms with Gasteiger partial charge in [-0.3, -0.25) is 24.0 Å². The molecule has 0 bridgehead atoms. The fourth-order valence-electron chi connectivity index (χ4n) is 16.6. The highest BCUT2D eigenvalue weighted by Gasteiger charge is 2.49. The Labute approximate surface area is 706 Å². The summed E-state index contributed by atoms with van der Waals surface area (Å²) in [5.41, 5.74) is 23.4. The Kier molecular flexibility index (Phi) is 18.0. The lowest BCUT2D eigenvalue weighted by molar-refractivity contribution is -0.112. The zero-order chi connectivity index (χ0) is 84.3. The molecular formula is C93H61N25O8. The van der Waals surface area contributed by atoms with Crippen molar-refractivity contribution in [2.45, 2.75) is 18.6 Å². The molecule has 18 aromatic rings. The second-order valence-electron chi connectivity index (χ2n) is 29.4. The van der Waals surface area contributed by atoms with E-state index in [9.17, 15) is 34.8 Å². The van der Waals surface area contributed by atoms with Crippen LogP contribution >= 0.6 is 0 Å². The number of benzene rings is 10. The van der Waals surface area contributed by atoms with E-state index in [2.05, 4.69) is 106 Å². The van der Waals surface area contributed by atoms with Crippen LogP contribution in [0.4, 0.5) is 11.4 Å². The molecule has 7 aromatic heterocycles. The maximum Gasteiger partial charge on any atom is 0.317 e. The molecule has 0 fully saturated rings. The van der Waals surface area contributed by atoms with Crippen LogP contribution < -0.4 is 27.7 Å². The SMILES string of the molecule is C.NC1=NCN=C1C(=O)N=Nc1c2nc3[nH]onc3nc2c2cccc(O)c12.O=C(N=Nc1c2[nH]c3ccccc3nc-2c2ccccc12)c1ccccc1.O=C1c2nc3c(nc2-c2cccc(O)c21)=NCN=3.OC1(c2c[nH]c3ccccc23)c2ccccc2-c2nc3c(nc21)=NCN=3.OC1(c2c[nH]c3ccccc23)c2ccccc2-c2nc3ccccc3nc21. The number of aromatic amines is 4. The average Bonchev–Trinajstić information content (AvgIpc) is 1.54. The summed E-state index contributed by atoms with van der Waals surface area (Å²) in [6.07, 6.45) is 3.74. The number of rotatable bonds is 6. The predicted octanol–water partition coefficient (Wildman–Crippen LogP) is 13.1. The molecule has 4 aliphatic carbocycles. The molecule has 4 aliphatic heterocycles. The summed E-state index contributed by atoms with van der Waals surface area (Å²) in [7, 11) is 0. The minimum Gasteiger partial charge on any atom is -0.507 e. The van der Waals surface area contributed by atoms with Gasteiger partial charge in [-0.05, 0) is 65.8 Å². The van der Waals surface area contributed by atoms with Crippen LogP contribution in [0.3, 0.4) is 0 Å². The van der Waals surface area contributed by atoms with Gasteiger partial charge in [0, 0.05) is 94.9 Å². The molecule has 10 N–H and O–H groups in total. The second-order valence-corrected chi connectivity index (χ2v) is 29.4. The van der Waals surface area contributed by atoms with Gasteiger partial charge in [0.25, 0.3) is 5.91 Å². The number of carbonyl (C=O) groups is 3. The highest BCUT2D eigenvalue weighted by atomic mass is 16.6. The summed E-state index contributed by atoms with van der Waals surface area (Å²) >= 11 is 0. The number of para-hydroxylation sites is 6. The van der Waals surface area contributed by atoms with E-state index in [0.29, 0.717) is 96.7 Å². The van der Waals surface area contributed by atoms with Crippen molar-refractivity contribution in [3.05, 3.63) is 321 Å². The first kappa shape index (κ1) is 75.9. The number of phenols is 2. The van der Waals surface area contributed by atoms with Crippen molar-refractivity contribution < 1.29 is 39.4 Å². The van der Waals surface area contributed by atoms with E-state index in [4.69, 9.17) is 25.3 Å². The van der Waals surface area contributed by atoms with E-state index < -0.39 is 17.1 Å². The van der Waals surface area contributed by atoms with Gasteiger partial charge in [-0.15, -0.1) is 20.5 Å². The normalized spacial score (nSPS) is 15.6. The Morgan fingerprint density at radius 2 is 0.929 bits per heavy atom.